The zero-order valence-corrected chi connectivity index (χ0v) is 8.92. The molecular formula is C11H16N2O. The Morgan fingerprint density at radius 1 is 1.36 bits per heavy atom. The Bertz CT molecular complexity index is 312. The first-order chi connectivity index (χ1) is 6.65. The average Bonchev–Trinajstić information content (AvgIpc) is 2.16. The first kappa shape index (κ1) is 10.7. The van der Waals surface area contributed by atoms with E-state index in [1.807, 2.05) is 6.07 Å². The molecule has 3 heteroatoms. The van der Waals surface area contributed by atoms with Crippen LogP contribution in [0.25, 0.3) is 0 Å². The number of pyridine rings is 1. The fraction of sp³-hybridized carbons (Fsp3) is 0.455. The molecule has 0 bridgehead atoms. The van der Waals surface area contributed by atoms with Crippen LogP contribution in [-0.2, 0) is 17.6 Å². The molecule has 0 atom stereocenters. The highest BCUT2D eigenvalue weighted by Gasteiger charge is 2.01. The van der Waals surface area contributed by atoms with Gasteiger partial charge in [0.1, 0.15) is 5.82 Å². The number of carbonyl (C=O) groups is 1. The first-order valence-electron chi connectivity index (χ1n) is 4.93. The molecule has 0 radical (unpaired) electrons. The van der Waals surface area contributed by atoms with Gasteiger partial charge in [0.25, 0.3) is 0 Å². The van der Waals surface area contributed by atoms with Crippen LogP contribution in [0, 0.1) is 0 Å². The highest BCUT2D eigenvalue weighted by Crippen LogP contribution is 2.11. The predicted octanol–water partition coefficient (Wildman–Crippen LogP) is 2.16. The van der Waals surface area contributed by atoms with Crippen LogP contribution in [0.15, 0.2) is 12.1 Å². The number of amides is 1. The Labute approximate surface area is 84.6 Å². The lowest BCUT2D eigenvalue weighted by molar-refractivity contribution is -0.114. The zero-order chi connectivity index (χ0) is 10.6. The molecule has 76 valence electrons. The van der Waals surface area contributed by atoms with Crippen molar-refractivity contribution in [3.8, 4) is 0 Å². The summed E-state index contributed by atoms with van der Waals surface area (Å²) in [5.41, 5.74) is 2.23. The molecule has 0 saturated carbocycles. The van der Waals surface area contributed by atoms with E-state index in [0.717, 1.165) is 18.5 Å². The zero-order valence-electron chi connectivity index (χ0n) is 8.92. The molecule has 1 N–H and O–H groups in total. The highest BCUT2D eigenvalue weighted by molar-refractivity contribution is 5.87. The van der Waals surface area contributed by atoms with Crippen molar-refractivity contribution in [2.45, 2.75) is 33.6 Å². The number of rotatable bonds is 3. The van der Waals surface area contributed by atoms with E-state index in [2.05, 4.69) is 30.2 Å². The van der Waals surface area contributed by atoms with Crippen molar-refractivity contribution in [3.63, 3.8) is 0 Å². The number of carbonyl (C=O) groups excluding carboxylic acids is 1. The Hall–Kier alpha value is -1.38. The molecular weight excluding hydrogens is 176 g/mol. The molecule has 0 spiro atoms. The number of hydrogen-bond acceptors (Lipinski definition) is 2. The van der Waals surface area contributed by atoms with Gasteiger partial charge in [0.2, 0.25) is 5.91 Å². The van der Waals surface area contributed by atoms with E-state index in [1.165, 1.54) is 12.5 Å². The summed E-state index contributed by atoms with van der Waals surface area (Å²) in [6.07, 6.45) is 1.85. The van der Waals surface area contributed by atoms with E-state index in [-0.39, 0.29) is 5.91 Å². The number of nitrogens with zero attached hydrogens (tertiary/aromatic N) is 1. The maximum Gasteiger partial charge on any atom is 0.222 e. The minimum absolute atomic E-state index is 0.0761. The molecule has 0 saturated heterocycles. The largest absolute Gasteiger partial charge is 0.311 e. The van der Waals surface area contributed by atoms with Gasteiger partial charge in [-0.05, 0) is 30.5 Å². The molecule has 3 nitrogen and oxygen atoms in total. The predicted molar refractivity (Wildman–Crippen MR) is 57.3 cm³/mol. The number of nitrogens with one attached hydrogen (secondary N) is 1. The normalized spacial score (nSPS) is 9.93. The van der Waals surface area contributed by atoms with Crippen molar-refractivity contribution < 1.29 is 4.79 Å². The van der Waals surface area contributed by atoms with Gasteiger partial charge in [-0.15, -0.1) is 0 Å². The van der Waals surface area contributed by atoms with Crippen molar-refractivity contribution in [1.29, 1.82) is 0 Å². The summed E-state index contributed by atoms with van der Waals surface area (Å²) >= 11 is 0. The Morgan fingerprint density at radius 2 is 2.07 bits per heavy atom. The highest BCUT2D eigenvalue weighted by atomic mass is 16.1. The van der Waals surface area contributed by atoms with E-state index in [9.17, 15) is 4.79 Å². The topological polar surface area (TPSA) is 42.0 Å². The lowest BCUT2D eigenvalue weighted by Gasteiger charge is -2.06. The molecule has 14 heavy (non-hydrogen) atoms. The van der Waals surface area contributed by atoms with E-state index in [1.54, 1.807) is 0 Å². The van der Waals surface area contributed by atoms with Gasteiger partial charge in [0, 0.05) is 12.6 Å². The van der Waals surface area contributed by atoms with Crippen molar-refractivity contribution in [2.75, 3.05) is 5.32 Å². The third-order valence-corrected chi connectivity index (χ3v) is 2.01. The Kier molecular flexibility index (Phi) is 3.63. The summed E-state index contributed by atoms with van der Waals surface area (Å²) in [5, 5.41) is 2.70. The molecule has 0 aliphatic carbocycles. The monoisotopic (exact) mass is 192 g/mol. The molecule has 1 aromatic heterocycles. The van der Waals surface area contributed by atoms with Gasteiger partial charge in [0.05, 0.1) is 0 Å². The van der Waals surface area contributed by atoms with Crippen molar-refractivity contribution in [2.24, 2.45) is 0 Å². The maximum absolute atomic E-state index is 10.9. The fourth-order valence-corrected chi connectivity index (χ4v) is 1.28. The lowest BCUT2D eigenvalue weighted by atomic mass is 10.1. The standard InChI is InChI=1S/C11H16N2O/c1-4-9-6-10(5-2)13-11(7-9)12-8(3)14/h6-7H,4-5H2,1-3H3,(H,12,13,14). The fourth-order valence-electron chi connectivity index (χ4n) is 1.28. The van der Waals surface area contributed by atoms with Gasteiger partial charge in [-0.2, -0.15) is 0 Å². The van der Waals surface area contributed by atoms with Gasteiger partial charge < -0.3 is 5.32 Å². The van der Waals surface area contributed by atoms with Crippen LogP contribution in [0.1, 0.15) is 32.0 Å². The van der Waals surface area contributed by atoms with Crippen molar-refractivity contribution in [1.82, 2.24) is 4.98 Å². The van der Waals surface area contributed by atoms with Crippen LogP contribution in [0.4, 0.5) is 5.82 Å². The number of aromatic nitrogens is 1. The lowest BCUT2D eigenvalue weighted by Crippen LogP contribution is -2.08. The third-order valence-electron chi connectivity index (χ3n) is 2.01. The van der Waals surface area contributed by atoms with E-state index < -0.39 is 0 Å². The van der Waals surface area contributed by atoms with Crippen LogP contribution >= 0.6 is 0 Å². The molecule has 0 unspecified atom stereocenters. The van der Waals surface area contributed by atoms with E-state index >= 15 is 0 Å². The van der Waals surface area contributed by atoms with Crippen LogP contribution in [-0.4, -0.2) is 10.9 Å². The van der Waals surface area contributed by atoms with Crippen LogP contribution < -0.4 is 5.32 Å². The summed E-state index contributed by atoms with van der Waals surface area (Å²) in [6, 6.07) is 3.99. The number of aryl methyl sites for hydroxylation is 2. The van der Waals surface area contributed by atoms with E-state index in [4.69, 9.17) is 0 Å². The minimum Gasteiger partial charge on any atom is -0.311 e. The Balaban J connectivity index is 2.98. The van der Waals surface area contributed by atoms with E-state index in [0.29, 0.717) is 5.82 Å². The molecule has 0 aliphatic heterocycles. The molecule has 1 aromatic rings. The molecule has 0 aliphatic rings. The molecule has 0 aromatic carbocycles. The molecule has 1 amide bonds. The van der Waals surface area contributed by atoms with Gasteiger partial charge in [-0.1, -0.05) is 13.8 Å². The second kappa shape index (κ2) is 4.74. The second-order valence-electron chi connectivity index (χ2n) is 3.24. The van der Waals surface area contributed by atoms with Crippen molar-refractivity contribution >= 4 is 11.7 Å². The Morgan fingerprint density at radius 3 is 2.57 bits per heavy atom. The number of anilines is 1. The quantitative estimate of drug-likeness (QED) is 0.797. The van der Waals surface area contributed by atoms with Crippen molar-refractivity contribution in [3.05, 3.63) is 23.4 Å². The summed E-state index contributed by atoms with van der Waals surface area (Å²) in [5.74, 6) is 0.585. The minimum atomic E-state index is -0.0761. The van der Waals surface area contributed by atoms with Gasteiger partial charge in [0.15, 0.2) is 0 Å². The SMILES string of the molecule is CCc1cc(CC)nc(NC(C)=O)c1. The average molecular weight is 192 g/mol. The summed E-state index contributed by atoms with van der Waals surface area (Å²) in [4.78, 5) is 15.2. The second-order valence-corrected chi connectivity index (χ2v) is 3.24. The maximum atomic E-state index is 10.9. The van der Waals surface area contributed by atoms with Gasteiger partial charge >= 0.3 is 0 Å². The summed E-state index contributed by atoms with van der Waals surface area (Å²) in [7, 11) is 0. The van der Waals surface area contributed by atoms with Crippen LogP contribution in [0.5, 0.6) is 0 Å². The summed E-state index contributed by atoms with van der Waals surface area (Å²) in [6.45, 7) is 5.64. The molecule has 0 fully saturated rings. The van der Waals surface area contributed by atoms with Gasteiger partial charge in [-0.25, -0.2) is 4.98 Å². The molecule has 1 rings (SSSR count). The first-order valence-corrected chi connectivity index (χ1v) is 4.93. The number of hydrogen-bond donors (Lipinski definition) is 1. The third kappa shape index (κ3) is 2.83. The van der Waals surface area contributed by atoms with Gasteiger partial charge in [-0.3, -0.25) is 4.79 Å². The molecule has 1 heterocycles. The van der Waals surface area contributed by atoms with Crippen LogP contribution in [0.2, 0.25) is 0 Å². The smallest absolute Gasteiger partial charge is 0.222 e. The van der Waals surface area contributed by atoms with Crippen LogP contribution in [0.3, 0.4) is 0 Å². The summed E-state index contributed by atoms with van der Waals surface area (Å²) < 4.78 is 0.